The minimum atomic E-state index is -0.141. The number of thiazole rings is 1. The van der Waals surface area contributed by atoms with Gasteiger partial charge in [0.1, 0.15) is 6.61 Å². The first-order valence-corrected chi connectivity index (χ1v) is 9.24. The maximum atomic E-state index is 12.5. The molecule has 2 heterocycles. The first-order chi connectivity index (χ1) is 11.4. The predicted molar refractivity (Wildman–Crippen MR) is 94.0 cm³/mol. The Bertz CT molecular complexity index is 586. The SMILES string of the molecule is COCC(=O)N1CCC[C@H](C(=O)NCc2sc(C(C)C)nc2C)C1. The van der Waals surface area contributed by atoms with E-state index < -0.39 is 0 Å². The number of hydrogen-bond donors (Lipinski definition) is 1. The van der Waals surface area contributed by atoms with E-state index in [-0.39, 0.29) is 24.3 Å². The van der Waals surface area contributed by atoms with Crippen LogP contribution in [0.4, 0.5) is 0 Å². The number of methoxy groups -OCH3 is 1. The number of carbonyl (C=O) groups excluding carboxylic acids is 2. The van der Waals surface area contributed by atoms with E-state index in [1.54, 1.807) is 16.2 Å². The van der Waals surface area contributed by atoms with Crippen LogP contribution in [-0.4, -0.2) is 48.5 Å². The van der Waals surface area contributed by atoms with Crippen LogP contribution in [0.2, 0.25) is 0 Å². The van der Waals surface area contributed by atoms with Gasteiger partial charge in [-0.05, 0) is 19.8 Å². The summed E-state index contributed by atoms with van der Waals surface area (Å²) in [5.41, 5.74) is 0.990. The molecule has 2 amide bonds. The highest BCUT2D eigenvalue weighted by Crippen LogP contribution is 2.24. The van der Waals surface area contributed by atoms with Gasteiger partial charge in [-0.25, -0.2) is 4.98 Å². The van der Waals surface area contributed by atoms with Crippen molar-refractivity contribution in [2.24, 2.45) is 5.92 Å². The van der Waals surface area contributed by atoms with Crippen molar-refractivity contribution < 1.29 is 14.3 Å². The number of carbonyl (C=O) groups is 2. The Morgan fingerprint density at radius 3 is 2.83 bits per heavy atom. The molecule has 2 rings (SSSR count). The quantitative estimate of drug-likeness (QED) is 0.850. The topological polar surface area (TPSA) is 71.5 Å². The number of aryl methyl sites for hydroxylation is 1. The molecule has 1 aromatic heterocycles. The van der Waals surface area contributed by atoms with Crippen molar-refractivity contribution in [3.8, 4) is 0 Å². The lowest BCUT2D eigenvalue weighted by atomic mass is 9.97. The summed E-state index contributed by atoms with van der Waals surface area (Å²) in [6, 6.07) is 0. The maximum absolute atomic E-state index is 12.5. The monoisotopic (exact) mass is 353 g/mol. The van der Waals surface area contributed by atoms with Crippen LogP contribution >= 0.6 is 11.3 Å². The van der Waals surface area contributed by atoms with Crippen molar-refractivity contribution in [1.82, 2.24) is 15.2 Å². The Labute approximate surface area is 147 Å². The molecule has 0 saturated carbocycles. The zero-order valence-corrected chi connectivity index (χ0v) is 15.7. The summed E-state index contributed by atoms with van der Waals surface area (Å²) >= 11 is 1.66. The number of rotatable bonds is 6. The Hall–Kier alpha value is -1.47. The molecule has 0 spiro atoms. The molecule has 1 aliphatic heterocycles. The number of amides is 2. The summed E-state index contributed by atoms with van der Waals surface area (Å²) in [5.74, 6) is 0.230. The lowest BCUT2D eigenvalue weighted by Crippen LogP contribution is -2.46. The fourth-order valence-corrected chi connectivity index (χ4v) is 3.81. The number of nitrogens with one attached hydrogen (secondary N) is 1. The molecule has 24 heavy (non-hydrogen) atoms. The van der Waals surface area contributed by atoms with Crippen LogP contribution in [0.1, 0.15) is 48.2 Å². The fourth-order valence-electron chi connectivity index (χ4n) is 2.81. The van der Waals surface area contributed by atoms with Gasteiger partial charge in [0.25, 0.3) is 0 Å². The van der Waals surface area contributed by atoms with Gasteiger partial charge < -0.3 is 15.0 Å². The molecule has 0 bridgehead atoms. The normalized spacial score (nSPS) is 18.0. The van der Waals surface area contributed by atoms with Gasteiger partial charge >= 0.3 is 0 Å². The third-order valence-corrected chi connectivity index (χ3v) is 5.70. The zero-order valence-electron chi connectivity index (χ0n) is 14.9. The van der Waals surface area contributed by atoms with Crippen LogP contribution in [0.15, 0.2) is 0 Å². The molecule has 134 valence electrons. The average molecular weight is 353 g/mol. The van der Waals surface area contributed by atoms with E-state index in [1.165, 1.54) is 7.11 Å². The minimum Gasteiger partial charge on any atom is -0.375 e. The second-order valence-electron chi connectivity index (χ2n) is 6.55. The van der Waals surface area contributed by atoms with E-state index in [9.17, 15) is 9.59 Å². The number of ether oxygens (including phenoxy) is 1. The highest BCUT2D eigenvalue weighted by Gasteiger charge is 2.28. The summed E-state index contributed by atoms with van der Waals surface area (Å²) in [7, 11) is 1.51. The smallest absolute Gasteiger partial charge is 0.248 e. The van der Waals surface area contributed by atoms with Gasteiger partial charge in [0.15, 0.2) is 0 Å². The van der Waals surface area contributed by atoms with Gasteiger partial charge in [-0.3, -0.25) is 9.59 Å². The van der Waals surface area contributed by atoms with Crippen molar-refractivity contribution >= 4 is 23.2 Å². The van der Waals surface area contributed by atoms with Gasteiger partial charge in [0.05, 0.1) is 23.2 Å². The molecule has 1 atom stereocenters. The molecule has 0 unspecified atom stereocenters. The summed E-state index contributed by atoms with van der Waals surface area (Å²) in [6.45, 7) is 7.99. The maximum Gasteiger partial charge on any atom is 0.248 e. The van der Waals surface area contributed by atoms with Gasteiger partial charge in [0.2, 0.25) is 11.8 Å². The third-order valence-electron chi connectivity index (χ3n) is 4.24. The first kappa shape index (κ1) is 18.9. The molecule has 0 aromatic carbocycles. The fraction of sp³-hybridized carbons (Fsp3) is 0.706. The van der Waals surface area contributed by atoms with E-state index in [2.05, 4.69) is 24.1 Å². The zero-order chi connectivity index (χ0) is 17.7. The van der Waals surface area contributed by atoms with Crippen molar-refractivity contribution in [2.75, 3.05) is 26.8 Å². The molecule has 1 saturated heterocycles. The molecule has 1 N–H and O–H groups in total. The van der Waals surface area contributed by atoms with E-state index in [4.69, 9.17) is 4.74 Å². The average Bonchev–Trinajstić information content (AvgIpc) is 2.94. The molecule has 6 nitrogen and oxygen atoms in total. The standard InChI is InChI=1S/C17H27N3O3S/c1-11(2)17-19-12(3)14(24-17)8-18-16(22)13-6-5-7-20(9-13)15(21)10-23-4/h11,13H,5-10H2,1-4H3,(H,18,22)/t13-/m0/s1. The number of piperidine rings is 1. The lowest BCUT2D eigenvalue weighted by Gasteiger charge is -2.31. The van der Waals surface area contributed by atoms with Crippen molar-refractivity contribution in [3.05, 3.63) is 15.6 Å². The third kappa shape index (κ3) is 4.77. The van der Waals surface area contributed by atoms with Crippen LogP contribution in [0, 0.1) is 12.8 Å². The van der Waals surface area contributed by atoms with E-state index >= 15 is 0 Å². The number of hydrogen-bond acceptors (Lipinski definition) is 5. The second kappa shape index (κ2) is 8.58. The Morgan fingerprint density at radius 1 is 1.46 bits per heavy atom. The highest BCUT2D eigenvalue weighted by atomic mass is 32.1. The van der Waals surface area contributed by atoms with Crippen molar-refractivity contribution in [3.63, 3.8) is 0 Å². The predicted octanol–water partition coefficient (Wildman–Crippen LogP) is 2.08. The Kier molecular flexibility index (Phi) is 6.74. The molecular weight excluding hydrogens is 326 g/mol. The van der Waals surface area contributed by atoms with Crippen molar-refractivity contribution in [2.45, 2.75) is 46.1 Å². The van der Waals surface area contributed by atoms with Gasteiger partial charge in [0, 0.05) is 31.0 Å². The molecule has 0 aliphatic carbocycles. The molecule has 7 heteroatoms. The van der Waals surface area contributed by atoms with Crippen LogP contribution in [0.3, 0.4) is 0 Å². The highest BCUT2D eigenvalue weighted by molar-refractivity contribution is 7.11. The summed E-state index contributed by atoms with van der Waals surface area (Å²) < 4.78 is 4.90. The van der Waals surface area contributed by atoms with E-state index in [0.29, 0.717) is 25.6 Å². The first-order valence-electron chi connectivity index (χ1n) is 8.43. The van der Waals surface area contributed by atoms with Gasteiger partial charge in [-0.2, -0.15) is 0 Å². The summed E-state index contributed by atoms with van der Waals surface area (Å²) in [6.07, 6.45) is 1.67. The number of likely N-dealkylation sites (tertiary alicyclic amines) is 1. The minimum absolute atomic E-state index is 0.0174. The number of aromatic nitrogens is 1. The van der Waals surface area contributed by atoms with Gasteiger partial charge in [-0.15, -0.1) is 11.3 Å². The van der Waals surface area contributed by atoms with Crippen LogP contribution in [0.25, 0.3) is 0 Å². The number of nitrogens with zero attached hydrogens (tertiary/aromatic N) is 2. The molecular formula is C17H27N3O3S. The second-order valence-corrected chi connectivity index (χ2v) is 7.66. The molecule has 0 radical (unpaired) electrons. The summed E-state index contributed by atoms with van der Waals surface area (Å²) in [5, 5.41) is 4.12. The largest absolute Gasteiger partial charge is 0.375 e. The molecule has 1 aliphatic rings. The van der Waals surface area contributed by atoms with Crippen LogP contribution in [-0.2, 0) is 20.9 Å². The van der Waals surface area contributed by atoms with Crippen LogP contribution in [0.5, 0.6) is 0 Å². The van der Waals surface area contributed by atoms with E-state index in [0.717, 1.165) is 28.4 Å². The van der Waals surface area contributed by atoms with Crippen LogP contribution < -0.4 is 5.32 Å². The molecule has 1 fully saturated rings. The lowest BCUT2D eigenvalue weighted by molar-refractivity contribution is -0.139. The van der Waals surface area contributed by atoms with Crippen molar-refractivity contribution in [1.29, 1.82) is 0 Å². The van der Waals surface area contributed by atoms with E-state index in [1.807, 2.05) is 6.92 Å². The molecule has 1 aromatic rings. The Morgan fingerprint density at radius 2 is 2.21 bits per heavy atom. The summed E-state index contributed by atoms with van der Waals surface area (Å²) in [4.78, 5) is 31.8. The van der Waals surface area contributed by atoms with Gasteiger partial charge in [-0.1, -0.05) is 13.8 Å². The Balaban J connectivity index is 1.89.